The Hall–Kier alpha value is -1.97. The number of aryl methyl sites for hydroxylation is 1. The van der Waals surface area contributed by atoms with Gasteiger partial charge in [-0.2, -0.15) is 0 Å². The van der Waals surface area contributed by atoms with Crippen molar-refractivity contribution >= 4 is 19.7 Å². The van der Waals surface area contributed by atoms with Crippen LogP contribution in [-0.2, 0) is 26.1 Å². The average Bonchev–Trinajstić information content (AvgIpc) is 2.99. The summed E-state index contributed by atoms with van der Waals surface area (Å²) < 4.78 is 69.8. The molecule has 3 rings (SSSR count). The maximum absolute atomic E-state index is 14.2. The maximum atomic E-state index is 14.2. The van der Waals surface area contributed by atoms with Gasteiger partial charge in [-0.15, -0.1) is 0 Å². The number of ether oxygens (including phenoxy) is 1. The van der Waals surface area contributed by atoms with Gasteiger partial charge < -0.3 is 10.1 Å². The highest BCUT2D eigenvalue weighted by atomic mass is 32.2. The summed E-state index contributed by atoms with van der Waals surface area (Å²) in [5, 5.41) is 1.84. The SMILES string of the molecule is COc1ccc(CCN[C@H]2CS(=O)(=O)C[C@@H]2S(=O)(=O)c2cc(C)ccc2F)cc1. The maximum Gasteiger partial charge on any atom is 0.186 e. The van der Waals surface area contributed by atoms with E-state index in [0.717, 1.165) is 17.4 Å². The Bertz CT molecular complexity index is 1080. The molecule has 0 unspecified atom stereocenters. The molecule has 0 saturated carbocycles. The number of halogens is 1. The van der Waals surface area contributed by atoms with Crippen molar-refractivity contribution < 1.29 is 26.0 Å². The van der Waals surface area contributed by atoms with Crippen molar-refractivity contribution in [3.05, 3.63) is 59.4 Å². The molecule has 2 atom stereocenters. The fourth-order valence-corrected chi connectivity index (χ4v) is 8.37. The fourth-order valence-electron chi connectivity index (χ4n) is 3.50. The fraction of sp³-hybridized carbons (Fsp3) is 0.400. The van der Waals surface area contributed by atoms with Gasteiger partial charge in [-0.05, 0) is 55.3 Å². The highest BCUT2D eigenvalue weighted by molar-refractivity contribution is 7.96. The molecule has 0 amide bonds. The standard InChI is InChI=1S/C20H24FNO5S2/c1-14-3-8-17(21)19(11-14)29(25,26)20-13-28(23,24)12-18(20)22-10-9-15-4-6-16(27-2)7-5-15/h3-8,11,18,20,22H,9-10,12-13H2,1-2H3/t18-,20-/m0/s1. The van der Waals surface area contributed by atoms with E-state index in [1.54, 1.807) is 14.0 Å². The number of sulfone groups is 2. The topological polar surface area (TPSA) is 89.5 Å². The smallest absolute Gasteiger partial charge is 0.186 e. The molecular formula is C20H24FNO5S2. The first-order chi connectivity index (χ1) is 13.6. The number of nitrogens with one attached hydrogen (secondary N) is 1. The van der Waals surface area contributed by atoms with E-state index in [1.165, 1.54) is 12.1 Å². The zero-order valence-corrected chi connectivity index (χ0v) is 17.9. The summed E-state index contributed by atoms with van der Waals surface area (Å²) in [6.07, 6.45) is 0.589. The summed E-state index contributed by atoms with van der Waals surface area (Å²) in [4.78, 5) is -0.443. The van der Waals surface area contributed by atoms with Gasteiger partial charge in [0, 0.05) is 6.04 Å². The summed E-state index contributed by atoms with van der Waals surface area (Å²) in [6.45, 7) is 2.06. The van der Waals surface area contributed by atoms with Crippen LogP contribution in [0, 0.1) is 12.7 Å². The molecule has 1 fully saturated rings. The highest BCUT2D eigenvalue weighted by Crippen LogP contribution is 2.28. The van der Waals surface area contributed by atoms with Gasteiger partial charge in [0.1, 0.15) is 16.5 Å². The van der Waals surface area contributed by atoms with E-state index in [-0.39, 0.29) is 5.75 Å². The van der Waals surface area contributed by atoms with Crippen LogP contribution in [-0.4, -0.2) is 53.3 Å². The first-order valence-electron chi connectivity index (χ1n) is 9.19. The van der Waals surface area contributed by atoms with Crippen molar-refractivity contribution in [1.29, 1.82) is 0 Å². The van der Waals surface area contributed by atoms with Crippen molar-refractivity contribution in [3.63, 3.8) is 0 Å². The van der Waals surface area contributed by atoms with Crippen LogP contribution in [0.5, 0.6) is 5.75 Å². The van der Waals surface area contributed by atoms with Gasteiger partial charge in [-0.3, -0.25) is 0 Å². The zero-order valence-electron chi connectivity index (χ0n) is 16.3. The van der Waals surface area contributed by atoms with Crippen molar-refractivity contribution in [2.45, 2.75) is 29.5 Å². The monoisotopic (exact) mass is 441 g/mol. The van der Waals surface area contributed by atoms with Gasteiger partial charge in [-0.1, -0.05) is 18.2 Å². The molecule has 1 aliphatic rings. The predicted octanol–water partition coefficient (Wildman–Crippen LogP) is 1.91. The molecule has 158 valence electrons. The minimum Gasteiger partial charge on any atom is -0.497 e. The third-order valence-electron chi connectivity index (χ3n) is 5.07. The Balaban J connectivity index is 1.77. The van der Waals surface area contributed by atoms with Gasteiger partial charge in [0.05, 0.1) is 23.9 Å². The quantitative estimate of drug-likeness (QED) is 0.706. The number of hydrogen-bond donors (Lipinski definition) is 1. The Morgan fingerprint density at radius 2 is 1.83 bits per heavy atom. The van der Waals surface area contributed by atoms with Crippen LogP contribution in [0.4, 0.5) is 4.39 Å². The summed E-state index contributed by atoms with van der Waals surface area (Å²) in [7, 11) is -6.11. The Morgan fingerprint density at radius 1 is 1.14 bits per heavy atom. The molecule has 0 radical (unpaired) electrons. The minimum atomic E-state index is -4.15. The Kier molecular flexibility index (Phi) is 6.30. The molecule has 9 heteroatoms. The van der Waals surface area contributed by atoms with E-state index in [0.29, 0.717) is 18.5 Å². The lowest BCUT2D eigenvalue weighted by atomic mass is 10.1. The number of rotatable bonds is 7. The first kappa shape index (κ1) is 21.7. The van der Waals surface area contributed by atoms with Crippen LogP contribution in [0.15, 0.2) is 47.4 Å². The number of benzene rings is 2. The second-order valence-corrected chi connectivity index (χ2v) is 11.5. The van der Waals surface area contributed by atoms with E-state index in [9.17, 15) is 21.2 Å². The van der Waals surface area contributed by atoms with Crippen LogP contribution in [0.2, 0.25) is 0 Å². The van der Waals surface area contributed by atoms with Crippen LogP contribution >= 0.6 is 0 Å². The van der Waals surface area contributed by atoms with Crippen molar-refractivity contribution in [2.75, 3.05) is 25.2 Å². The third-order valence-corrected chi connectivity index (χ3v) is 9.23. The summed E-state index contributed by atoms with van der Waals surface area (Å²) in [5.41, 5.74) is 1.60. The highest BCUT2D eigenvalue weighted by Gasteiger charge is 2.46. The normalized spacial score (nSPS) is 21.2. The van der Waals surface area contributed by atoms with Gasteiger partial charge >= 0.3 is 0 Å². The molecular weight excluding hydrogens is 417 g/mol. The van der Waals surface area contributed by atoms with Crippen LogP contribution in [0.3, 0.4) is 0 Å². The molecule has 2 aromatic rings. The second-order valence-electron chi connectivity index (χ2n) is 7.25. The average molecular weight is 442 g/mol. The van der Waals surface area contributed by atoms with Crippen molar-refractivity contribution in [3.8, 4) is 5.75 Å². The molecule has 29 heavy (non-hydrogen) atoms. The lowest BCUT2D eigenvalue weighted by Crippen LogP contribution is -2.44. The molecule has 1 aliphatic heterocycles. The van der Waals surface area contributed by atoms with Crippen LogP contribution in [0.25, 0.3) is 0 Å². The van der Waals surface area contributed by atoms with Gasteiger partial charge in [0.15, 0.2) is 19.7 Å². The van der Waals surface area contributed by atoms with E-state index in [2.05, 4.69) is 5.32 Å². The van der Waals surface area contributed by atoms with Crippen molar-refractivity contribution in [1.82, 2.24) is 5.32 Å². The molecule has 1 N–H and O–H groups in total. The van der Waals surface area contributed by atoms with Gasteiger partial charge in [0.2, 0.25) is 0 Å². The largest absolute Gasteiger partial charge is 0.497 e. The summed E-state index contributed by atoms with van der Waals surface area (Å²) in [5.74, 6) is -0.928. The molecule has 0 aromatic heterocycles. The van der Waals surface area contributed by atoms with Crippen LogP contribution < -0.4 is 10.1 Å². The molecule has 0 bridgehead atoms. The molecule has 6 nitrogen and oxygen atoms in total. The van der Waals surface area contributed by atoms with Crippen LogP contribution in [0.1, 0.15) is 11.1 Å². The summed E-state index contributed by atoms with van der Waals surface area (Å²) >= 11 is 0. The lowest BCUT2D eigenvalue weighted by molar-refractivity contribution is 0.414. The second kappa shape index (κ2) is 8.41. The van der Waals surface area contributed by atoms with Gasteiger partial charge in [-0.25, -0.2) is 21.2 Å². The lowest BCUT2D eigenvalue weighted by Gasteiger charge is -2.20. The molecule has 1 saturated heterocycles. The van der Waals surface area contributed by atoms with E-state index >= 15 is 0 Å². The molecule has 0 aliphatic carbocycles. The summed E-state index contributed by atoms with van der Waals surface area (Å²) in [6, 6.07) is 10.5. The molecule has 2 aromatic carbocycles. The third kappa shape index (κ3) is 4.96. The Morgan fingerprint density at radius 3 is 2.48 bits per heavy atom. The minimum absolute atomic E-state index is 0.285. The first-order valence-corrected chi connectivity index (χ1v) is 12.6. The van der Waals surface area contributed by atoms with E-state index in [4.69, 9.17) is 4.74 Å². The Labute approximate surface area is 170 Å². The zero-order chi connectivity index (χ0) is 21.2. The number of methoxy groups -OCH3 is 1. The van der Waals surface area contributed by atoms with Crippen molar-refractivity contribution in [2.24, 2.45) is 0 Å². The number of hydrogen-bond acceptors (Lipinski definition) is 6. The predicted molar refractivity (Wildman–Crippen MR) is 109 cm³/mol. The molecule has 1 heterocycles. The molecule has 0 spiro atoms. The van der Waals surface area contributed by atoms with E-state index < -0.39 is 47.4 Å². The van der Waals surface area contributed by atoms with E-state index in [1.807, 2.05) is 24.3 Å². The van der Waals surface area contributed by atoms with Gasteiger partial charge in [0.25, 0.3) is 0 Å².